The molecule has 1 heterocycles. The molecular formula is C18H30N2. The Balaban J connectivity index is 1.92. The van der Waals surface area contributed by atoms with Gasteiger partial charge in [0.25, 0.3) is 0 Å². The zero-order chi connectivity index (χ0) is 14.0. The van der Waals surface area contributed by atoms with E-state index in [0.717, 1.165) is 26.1 Å². The van der Waals surface area contributed by atoms with Gasteiger partial charge in [-0.3, -0.25) is 4.90 Å². The maximum atomic E-state index is 3.43. The molecule has 2 nitrogen and oxygen atoms in total. The van der Waals surface area contributed by atoms with Crippen LogP contribution in [0.1, 0.15) is 50.2 Å². The average molecular weight is 274 g/mol. The van der Waals surface area contributed by atoms with Crippen molar-refractivity contribution in [2.75, 3.05) is 26.2 Å². The molecule has 0 bridgehead atoms. The van der Waals surface area contributed by atoms with Crippen molar-refractivity contribution in [3.8, 4) is 0 Å². The van der Waals surface area contributed by atoms with Crippen LogP contribution < -0.4 is 5.32 Å². The second-order valence-corrected chi connectivity index (χ2v) is 5.92. The van der Waals surface area contributed by atoms with Crippen LogP contribution in [0, 0.1) is 0 Å². The summed E-state index contributed by atoms with van der Waals surface area (Å²) in [6, 6.07) is 8.99. The van der Waals surface area contributed by atoms with E-state index in [2.05, 4.69) is 41.4 Å². The van der Waals surface area contributed by atoms with Crippen molar-refractivity contribution in [2.45, 2.75) is 52.0 Å². The predicted molar refractivity (Wildman–Crippen MR) is 87.1 cm³/mol. The van der Waals surface area contributed by atoms with Crippen LogP contribution in [0.3, 0.4) is 0 Å². The van der Waals surface area contributed by atoms with Crippen LogP contribution in [0.5, 0.6) is 0 Å². The van der Waals surface area contributed by atoms with E-state index in [0.29, 0.717) is 0 Å². The lowest BCUT2D eigenvalue weighted by Crippen LogP contribution is -2.27. The highest BCUT2D eigenvalue weighted by Gasteiger charge is 2.10. The average Bonchev–Trinajstić information content (AvgIpc) is 2.43. The summed E-state index contributed by atoms with van der Waals surface area (Å²) in [5, 5.41) is 3.43. The molecule has 0 aliphatic carbocycles. The van der Waals surface area contributed by atoms with Crippen molar-refractivity contribution in [3.63, 3.8) is 0 Å². The number of benzene rings is 1. The molecule has 0 spiro atoms. The highest BCUT2D eigenvalue weighted by Crippen LogP contribution is 2.16. The number of hydrogen-bond acceptors (Lipinski definition) is 2. The summed E-state index contributed by atoms with van der Waals surface area (Å²) in [5.74, 6) is 0. The molecular weight excluding hydrogens is 244 g/mol. The van der Waals surface area contributed by atoms with Gasteiger partial charge in [-0.2, -0.15) is 0 Å². The topological polar surface area (TPSA) is 15.3 Å². The molecule has 1 aromatic rings. The number of hydrogen-bond donors (Lipinski definition) is 1. The van der Waals surface area contributed by atoms with E-state index in [1.807, 2.05) is 0 Å². The fourth-order valence-corrected chi connectivity index (χ4v) is 3.07. The molecule has 2 rings (SSSR count). The molecule has 0 radical (unpaired) electrons. The van der Waals surface area contributed by atoms with Crippen molar-refractivity contribution >= 4 is 0 Å². The van der Waals surface area contributed by atoms with Crippen LogP contribution in [-0.2, 0) is 13.0 Å². The van der Waals surface area contributed by atoms with Crippen LogP contribution >= 0.6 is 0 Å². The van der Waals surface area contributed by atoms with E-state index in [1.165, 1.54) is 56.3 Å². The summed E-state index contributed by atoms with van der Waals surface area (Å²) in [7, 11) is 0. The third-order valence-corrected chi connectivity index (χ3v) is 4.28. The third kappa shape index (κ3) is 5.26. The number of nitrogens with zero attached hydrogens (tertiary/aromatic N) is 1. The Labute approximate surface area is 124 Å². The quantitative estimate of drug-likeness (QED) is 0.797. The van der Waals surface area contributed by atoms with Crippen molar-refractivity contribution < 1.29 is 0 Å². The summed E-state index contributed by atoms with van der Waals surface area (Å²) in [6.07, 6.45) is 8.17. The van der Waals surface area contributed by atoms with Crippen LogP contribution in [0.2, 0.25) is 0 Å². The summed E-state index contributed by atoms with van der Waals surface area (Å²) in [5.41, 5.74) is 3.06. The molecule has 0 amide bonds. The second kappa shape index (κ2) is 9.15. The molecule has 1 aromatic carbocycles. The first-order valence-corrected chi connectivity index (χ1v) is 8.40. The molecule has 1 N–H and O–H groups in total. The lowest BCUT2D eigenvalue weighted by atomic mass is 10.0. The van der Waals surface area contributed by atoms with Gasteiger partial charge in [-0.15, -0.1) is 0 Å². The van der Waals surface area contributed by atoms with Gasteiger partial charge in [0.05, 0.1) is 0 Å². The van der Waals surface area contributed by atoms with E-state index >= 15 is 0 Å². The molecule has 1 aliphatic heterocycles. The highest BCUT2D eigenvalue weighted by atomic mass is 15.1. The van der Waals surface area contributed by atoms with Crippen LogP contribution in [-0.4, -0.2) is 31.1 Å². The molecule has 0 atom stereocenters. The fraction of sp³-hybridized carbons (Fsp3) is 0.667. The largest absolute Gasteiger partial charge is 0.317 e. The van der Waals surface area contributed by atoms with E-state index in [4.69, 9.17) is 0 Å². The molecule has 0 aromatic heterocycles. The zero-order valence-corrected chi connectivity index (χ0v) is 13.0. The van der Waals surface area contributed by atoms with Gasteiger partial charge in [-0.05, 0) is 56.6 Å². The molecule has 20 heavy (non-hydrogen) atoms. The molecule has 2 heteroatoms. The molecule has 112 valence electrons. The van der Waals surface area contributed by atoms with Crippen molar-refractivity contribution in [1.29, 1.82) is 0 Å². The Morgan fingerprint density at radius 2 is 1.60 bits per heavy atom. The maximum absolute atomic E-state index is 3.43. The molecule has 0 unspecified atom stereocenters. The Hall–Kier alpha value is -0.860. The first kappa shape index (κ1) is 15.5. The summed E-state index contributed by atoms with van der Waals surface area (Å²) in [6.45, 7) is 8.03. The number of rotatable bonds is 6. The Bertz CT molecular complexity index is 367. The second-order valence-electron chi connectivity index (χ2n) is 5.92. The lowest BCUT2D eigenvalue weighted by molar-refractivity contribution is 0.239. The maximum Gasteiger partial charge on any atom is 0.0236 e. The van der Waals surface area contributed by atoms with Gasteiger partial charge in [0.1, 0.15) is 0 Å². The van der Waals surface area contributed by atoms with Gasteiger partial charge < -0.3 is 5.32 Å². The SMILES string of the molecule is CCNCCc1ccccc1CN1CCCCCCC1. The minimum absolute atomic E-state index is 1.06. The van der Waals surface area contributed by atoms with E-state index in [9.17, 15) is 0 Å². The van der Waals surface area contributed by atoms with Crippen molar-refractivity contribution in [1.82, 2.24) is 10.2 Å². The van der Waals surface area contributed by atoms with Crippen molar-refractivity contribution in [3.05, 3.63) is 35.4 Å². The zero-order valence-electron chi connectivity index (χ0n) is 13.0. The molecule has 1 aliphatic rings. The number of likely N-dealkylation sites (N-methyl/N-ethyl adjacent to an activating group) is 1. The van der Waals surface area contributed by atoms with Gasteiger partial charge in [0.15, 0.2) is 0 Å². The fourth-order valence-electron chi connectivity index (χ4n) is 3.07. The summed E-state index contributed by atoms with van der Waals surface area (Å²) in [4.78, 5) is 2.66. The van der Waals surface area contributed by atoms with E-state index in [-0.39, 0.29) is 0 Å². The summed E-state index contributed by atoms with van der Waals surface area (Å²) >= 11 is 0. The van der Waals surface area contributed by atoms with E-state index in [1.54, 1.807) is 0 Å². The van der Waals surface area contributed by atoms with Crippen molar-refractivity contribution in [2.24, 2.45) is 0 Å². The minimum Gasteiger partial charge on any atom is -0.317 e. The Morgan fingerprint density at radius 1 is 0.950 bits per heavy atom. The minimum atomic E-state index is 1.06. The van der Waals surface area contributed by atoms with Crippen LogP contribution in [0.15, 0.2) is 24.3 Å². The molecule has 1 fully saturated rings. The molecule has 0 saturated carbocycles. The first-order valence-electron chi connectivity index (χ1n) is 8.40. The monoisotopic (exact) mass is 274 g/mol. The van der Waals surface area contributed by atoms with Crippen LogP contribution in [0.4, 0.5) is 0 Å². The normalized spacial score (nSPS) is 17.6. The number of nitrogens with one attached hydrogen (secondary N) is 1. The smallest absolute Gasteiger partial charge is 0.0236 e. The standard InChI is InChI=1S/C18H30N2/c1-2-19-13-12-17-10-6-7-11-18(17)16-20-14-8-4-3-5-9-15-20/h6-7,10-11,19H,2-5,8-9,12-16H2,1H3. The Kier molecular flexibility index (Phi) is 7.10. The highest BCUT2D eigenvalue weighted by molar-refractivity contribution is 5.27. The van der Waals surface area contributed by atoms with E-state index < -0.39 is 0 Å². The third-order valence-electron chi connectivity index (χ3n) is 4.28. The molecule has 1 saturated heterocycles. The van der Waals surface area contributed by atoms with Crippen LogP contribution in [0.25, 0.3) is 0 Å². The Morgan fingerprint density at radius 3 is 2.30 bits per heavy atom. The van der Waals surface area contributed by atoms with Gasteiger partial charge in [0, 0.05) is 6.54 Å². The van der Waals surface area contributed by atoms with Gasteiger partial charge in [0.2, 0.25) is 0 Å². The number of likely N-dealkylation sites (tertiary alicyclic amines) is 1. The van der Waals surface area contributed by atoms with Gasteiger partial charge in [-0.1, -0.05) is 50.5 Å². The lowest BCUT2D eigenvalue weighted by Gasteiger charge is -2.25. The first-order chi connectivity index (χ1) is 9.90. The van der Waals surface area contributed by atoms with Gasteiger partial charge >= 0.3 is 0 Å². The summed E-state index contributed by atoms with van der Waals surface area (Å²) < 4.78 is 0. The van der Waals surface area contributed by atoms with Gasteiger partial charge in [-0.25, -0.2) is 0 Å². The predicted octanol–water partition coefficient (Wildman–Crippen LogP) is 3.60.